The number of benzene rings is 1. The van der Waals surface area contributed by atoms with E-state index in [1.165, 1.54) is 25.6 Å². The Kier molecular flexibility index (Phi) is 6.35. The standard InChI is InChI=1S/C25H28N6O4/c1-14(16-5-3-2-4-6-16)30-24(33)17-11-26-22-21(17)28-13-29-23(22)25(34)27-10-15-7-8-19-18(9-15)31-20(32)12-35-19/h7-9,11,13-14,16,26H,2-6,10,12H2,1H3,(H,27,34)(H,30,33)(H,31,32)/t14-/m0/s1. The molecule has 10 heteroatoms. The van der Waals surface area contributed by atoms with Gasteiger partial charge < -0.3 is 25.7 Å². The molecule has 2 aliphatic rings. The molecule has 182 valence electrons. The average Bonchev–Trinajstić information content (AvgIpc) is 3.32. The van der Waals surface area contributed by atoms with Gasteiger partial charge >= 0.3 is 0 Å². The van der Waals surface area contributed by atoms with E-state index in [9.17, 15) is 14.4 Å². The molecule has 3 aromatic rings. The molecule has 1 aliphatic carbocycles. The van der Waals surface area contributed by atoms with Crippen molar-refractivity contribution in [3.63, 3.8) is 0 Å². The molecule has 35 heavy (non-hydrogen) atoms. The smallest absolute Gasteiger partial charge is 0.272 e. The maximum Gasteiger partial charge on any atom is 0.272 e. The van der Waals surface area contributed by atoms with Crippen LogP contribution in [-0.4, -0.2) is 45.3 Å². The summed E-state index contributed by atoms with van der Waals surface area (Å²) in [5.74, 6) is 0.240. The summed E-state index contributed by atoms with van der Waals surface area (Å²) >= 11 is 0. The summed E-state index contributed by atoms with van der Waals surface area (Å²) in [5.41, 5.74) is 2.73. The maximum atomic E-state index is 13.0. The van der Waals surface area contributed by atoms with Crippen molar-refractivity contribution >= 4 is 34.4 Å². The van der Waals surface area contributed by atoms with E-state index in [4.69, 9.17) is 4.74 Å². The minimum Gasteiger partial charge on any atom is -0.482 e. The van der Waals surface area contributed by atoms with Gasteiger partial charge in [0, 0.05) is 18.8 Å². The second-order valence-electron chi connectivity index (χ2n) is 9.16. The van der Waals surface area contributed by atoms with E-state index < -0.39 is 5.91 Å². The second-order valence-corrected chi connectivity index (χ2v) is 9.16. The molecular weight excluding hydrogens is 448 g/mol. The van der Waals surface area contributed by atoms with E-state index in [1.54, 1.807) is 18.3 Å². The van der Waals surface area contributed by atoms with Gasteiger partial charge in [-0.3, -0.25) is 14.4 Å². The molecule has 4 N–H and O–H groups in total. The van der Waals surface area contributed by atoms with Crippen molar-refractivity contribution in [3.8, 4) is 5.75 Å². The van der Waals surface area contributed by atoms with Crippen LogP contribution < -0.4 is 20.7 Å². The Bertz CT molecular complexity index is 1280. The van der Waals surface area contributed by atoms with Crippen molar-refractivity contribution in [2.45, 2.75) is 51.6 Å². The number of ether oxygens (including phenoxy) is 1. The van der Waals surface area contributed by atoms with E-state index in [0.717, 1.165) is 18.4 Å². The molecule has 0 spiro atoms. The van der Waals surface area contributed by atoms with Crippen LogP contribution >= 0.6 is 0 Å². The number of anilines is 1. The molecule has 1 saturated carbocycles. The molecule has 10 nitrogen and oxygen atoms in total. The van der Waals surface area contributed by atoms with Crippen LogP contribution in [0.15, 0.2) is 30.7 Å². The maximum absolute atomic E-state index is 13.0. The predicted octanol–water partition coefficient (Wildman–Crippen LogP) is 2.92. The number of amides is 3. The number of rotatable bonds is 6. The van der Waals surface area contributed by atoms with Gasteiger partial charge in [0.1, 0.15) is 17.6 Å². The molecule has 0 saturated heterocycles. The number of hydrogen-bond donors (Lipinski definition) is 4. The molecule has 0 radical (unpaired) electrons. The topological polar surface area (TPSA) is 138 Å². The van der Waals surface area contributed by atoms with E-state index in [2.05, 4.69) is 37.8 Å². The number of carbonyl (C=O) groups excluding carboxylic acids is 3. The molecule has 0 unspecified atom stereocenters. The summed E-state index contributed by atoms with van der Waals surface area (Å²) < 4.78 is 5.36. The fraction of sp³-hybridized carbons (Fsp3) is 0.400. The summed E-state index contributed by atoms with van der Waals surface area (Å²) in [6.07, 6.45) is 8.80. The van der Waals surface area contributed by atoms with Gasteiger partial charge in [-0.25, -0.2) is 9.97 Å². The minimum atomic E-state index is -0.403. The first-order chi connectivity index (χ1) is 17.0. The number of aromatic nitrogens is 3. The van der Waals surface area contributed by atoms with Crippen molar-refractivity contribution in [2.75, 3.05) is 11.9 Å². The fourth-order valence-electron chi connectivity index (χ4n) is 4.83. The third kappa shape index (κ3) is 4.82. The third-order valence-electron chi connectivity index (χ3n) is 6.77. The Morgan fingerprint density at radius 2 is 2.00 bits per heavy atom. The lowest BCUT2D eigenvalue weighted by molar-refractivity contribution is -0.118. The predicted molar refractivity (Wildman–Crippen MR) is 129 cm³/mol. The quantitative estimate of drug-likeness (QED) is 0.432. The molecule has 1 atom stereocenters. The summed E-state index contributed by atoms with van der Waals surface area (Å²) in [6.45, 7) is 2.26. The molecule has 3 amide bonds. The zero-order chi connectivity index (χ0) is 24.4. The van der Waals surface area contributed by atoms with Crippen molar-refractivity contribution in [2.24, 2.45) is 5.92 Å². The number of nitrogens with zero attached hydrogens (tertiary/aromatic N) is 2. The van der Waals surface area contributed by atoms with Crippen molar-refractivity contribution < 1.29 is 19.1 Å². The number of hydrogen-bond acceptors (Lipinski definition) is 6. The number of H-pyrrole nitrogens is 1. The summed E-state index contributed by atoms with van der Waals surface area (Å²) in [5, 5.41) is 8.69. The van der Waals surface area contributed by atoms with Gasteiger partial charge in [-0.05, 0) is 43.4 Å². The van der Waals surface area contributed by atoms with Gasteiger partial charge in [0.2, 0.25) is 0 Å². The molecule has 5 rings (SSSR count). The molecule has 2 aromatic heterocycles. The van der Waals surface area contributed by atoms with Crippen LogP contribution in [0.5, 0.6) is 5.75 Å². The highest BCUT2D eigenvalue weighted by molar-refractivity contribution is 6.10. The van der Waals surface area contributed by atoms with Crippen LogP contribution in [0, 0.1) is 5.92 Å². The zero-order valence-corrected chi connectivity index (χ0v) is 19.5. The van der Waals surface area contributed by atoms with E-state index in [1.807, 2.05) is 6.07 Å². The van der Waals surface area contributed by atoms with Crippen molar-refractivity contribution in [3.05, 3.63) is 47.5 Å². The molecule has 1 fully saturated rings. The first-order valence-corrected chi connectivity index (χ1v) is 12.0. The van der Waals surface area contributed by atoms with Crippen LogP contribution in [-0.2, 0) is 11.3 Å². The number of carbonyl (C=O) groups is 3. The number of nitrogens with one attached hydrogen (secondary N) is 4. The molecule has 1 aliphatic heterocycles. The Labute approximate surface area is 202 Å². The molecule has 3 heterocycles. The monoisotopic (exact) mass is 476 g/mol. The highest BCUT2D eigenvalue weighted by Gasteiger charge is 2.25. The Morgan fingerprint density at radius 1 is 1.17 bits per heavy atom. The van der Waals surface area contributed by atoms with Crippen LogP contribution in [0.25, 0.3) is 11.0 Å². The molecule has 1 aromatic carbocycles. The SMILES string of the molecule is C[C@H](NC(=O)c1c[nH]c2c(C(=O)NCc3ccc4c(c3)NC(=O)CO4)ncnc12)C1CCCCC1. The summed E-state index contributed by atoms with van der Waals surface area (Å²) in [4.78, 5) is 48.9. The summed E-state index contributed by atoms with van der Waals surface area (Å²) in [7, 11) is 0. The van der Waals surface area contributed by atoms with Crippen molar-refractivity contribution in [1.82, 2.24) is 25.6 Å². The normalized spacial score (nSPS) is 16.7. The average molecular weight is 477 g/mol. The van der Waals surface area contributed by atoms with Crippen LogP contribution in [0.4, 0.5) is 5.69 Å². The highest BCUT2D eigenvalue weighted by Crippen LogP contribution is 2.29. The van der Waals surface area contributed by atoms with Gasteiger partial charge in [0.05, 0.1) is 16.8 Å². The van der Waals surface area contributed by atoms with Gasteiger partial charge in [0.15, 0.2) is 12.3 Å². The Balaban J connectivity index is 1.28. The lowest BCUT2D eigenvalue weighted by Crippen LogP contribution is -2.38. The van der Waals surface area contributed by atoms with Crippen LogP contribution in [0.2, 0.25) is 0 Å². The Hall–Kier alpha value is -3.95. The number of fused-ring (bicyclic) bond motifs is 2. The third-order valence-corrected chi connectivity index (χ3v) is 6.77. The van der Waals surface area contributed by atoms with E-state index in [-0.39, 0.29) is 36.7 Å². The fourth-order valence-corrected chi connectivity index (χ4v) is 4.83. The second kappa shape index (κ2) is 9.73. The zero-order valence-electron chi connectivity index (χ0n) is 19.5. The number of aromatic amines is 1. The Morgan fingerprint density at radius 3 is 2.83 bits per heavy atom. The van der Waals surface area contributed by atoms with E-state index >= 15 is 0 Å². The highest BCUT2D eigenvalue weighted by atomic mass is 16.5. The van der Waals surface area contributed by atoms with Crippen LogP contribution in [0.3, 0.4) is 0 Å². The lowest BCUT2D eigenvalue weighted by Gasteiger charge is -2.28. The van der Waals surface area contributed by atoms with Gasteiger partial charge in [-0.15, -0.1) is 0 Å². The van der Waals surface area contributed by atoms with Crippen LogP contribution in [0.1, 0.15) is 65.4 Å². The first-order valence-electron chi connectivity index (χ1n) is 12.0. The molecular formula is C25H28N6O4. The largest absolute Gasteiger partial charge is 0.482 e. The summed E-state index contributed by atoms with van der Waals surface area (Å²) in [6, 6.07) is 5.40. The van der Waals surface area contributed by atoms with Gasteiger partial charge in [-0.2, -0.15) is 0 Å². The lowest BCUT2D eigenvalue weighted by atomic mass is 9.84. The van der Waals surface area contributed by atoms with Crippen molar-refractivity contribution in [1.29, 1.82) is 0 Å². The van der Waals surface area contributed by atoms with E-state index in [0.29, 0.717) is 34.0 Å². The minimum absolute atomic E-state index is 0.0115. The van der Waals surface area contributed by atoms with Gasteiger partial charge in [0.25, 0.3) is 17.7 Å². The molecule has 0 bridgehead atoms. The van der Waals surface area contributed by atoms with Gasteiger partial charge in [-0.1, -0.05) is 25.3 Å². The first kappa shape index (κ1) is 22.8.